The van der Waals surface area contributed by atoms with Gasteiger partial charge in [0.05, 0.1) is 37.7 Å². The molecule has 0 aliphatic rings. The molecular weight excluding hydrogens is 655 g/mol. The zero-order valence-corrected chi connectivity index (χ0v) is 28.6. The molecule has 12 rings (SSSR count). The van der Waals surface area contributed by atoms with Crippen molar-refractivity contribution >= 4 is 97.9 Å². The van der Waals surface area contributed by atoms with Crippen LogP contribution in [0.3, 0.4) is 0 Å². The maximum absolute atomic E-state index is 6.68. The molecule has 12 aromatic rings. The molecule has 242 valence electrons. The summed E-state index contributed by atoms with van der Waals surface area (Å²) < 4.78 is 12.6. The van der Waals surface area contributed by atoms with Crippen LogP contribution in [0.5, 0.6) is 0 Å². The van der Waals surface area contributed by atoms with E-state index in [4.69, 9.17) is 9.40 Å². The summed E-state index contributed by atoms with van der Waals surface area (Å²) in [6, 6.07) is 58.7. The van der Waals surface area contributed by atoms with Gasteiger partial charge in [-0.1, -0.05) is 121 Å². The van der Waals surface area contributed by atoms with E-state index in [9.17, 15) is 0 Å². The van der Waals surface area contributed by atoms with Crippen LogP contribution >= 0.6 is 11.3 Å². The predicted molar refractivity (Wildman–Crippen MR) is 219 cm³/mol. The molecule has 0 amide bonds. The van der Waals surface area contributed by atoms with Crippen LogP contribution in [-0.4, -0.2) is 14.1 Å². The number of para-hydroxylation sites is 4. The molecule has 4 aromatic heterocycles. The molecule has 0 radical (unpaired) electrons. The van der Waals surface area contributed by atoms with Gasteiger partial charge in [0.1, 0.15) is 11.2 Å². The minimum absolute atomic E-state index is 0.871. The van der Waals surface area contributed by atoms with Gasteiger partial charge in [-0.25, -0.2) is 4.98 Å². The maximum atomic E-state index is 6.68. The van der Waals surface area contributed by atoms with Crippen molar-refractivity contribution in [2.45, 2.75) is 0 Å². The lowest BCUT2D eigenvalue weighted by molar-refractivity contribution is 0.670. The van der Waals surface area contributed by atoms with Crippen molar-refractivity contribution in [2.75, 3.05) is 0 Å². The Labute approximate surface area is 301 Å². The fourth-order valence-electron chi connectivity index (χ4n) is 8.42. The molecule has 5 heteroatoms. The highest BCUT2D eigenvalue weighted by Crippen LogP contribution is 2.45. The maximum Gasteiger partial charge on any atom is 0.195 e. The first kappa shape index (κ1) is 28.1. The van der Waals surface area contributed by atoms with E-state index in [1.165, 1.54) is 43.4 Å². The van der Waals surface area contributed by atoms with E-state index in [2.05, 4.69) is 167 Å². The first-order valence-electron chi connectivity index (χ1n) is 17.5. The molecule has 0 N–H and O–H groups in total. The van der Waals surface area contributed by atoms with Crippen LogP contribution < -0.4 is 0 Å². The molecule has 8 aromatic carbocycles. The Balaban J connectivity index is 1.18. The van der Waals surface area contributed by atoms with E-state index in [1.54, 1.807) is 11.3 Å². The lowest BCUT2D eigenvalue weighted by Crippen LogP contribution is -1.94. The number of hydrogen-bond donors (Lipinski definition) is 0. The van der Waals surface area contributed by atoms with E-state index in [0.717, 1.165) is 65.1 Å². The van der Waals surface area contributed by atoms with Gasteiger partial charge in [-0.3, -0.25) is 4.57 Å². The number of nitrogens with zero attached hydrogens (tertiary/aromatic N) is 3. The van der Waals surface area contributed by atoms with Crippen LogP contribution in [0.2, 0.25) is 0 Å². The van der Waals surface area contributed by atoms with Crippen LogP contribution in [0, 0.1) is 0 Å². The highest BCUT2D eigenvalue weighted by molar-refractivity contribution is 7.21. The summed E-state index contributed by atoms with van der Waals surface area (Å²) in [4.78, 5) is 5.50. The van der Waals surface area contributed by atoms with Gasteiger partial charge in [0.25, 0.3) is 0 Å². The van der Waals surface area contributed by atoms with E-state index < -0.39 is 0 Å². The first-order chi connectivity index (χ1) is 25.8. The highest BCUT2D eigenvalue weighted by atomic mass is 32.1. The minimum Gasteiger partial charge on any atom is -0.455 e. The van der Waals surface area contributed by atoms with Gasteiger partial charge in [-0.2, -0.15) is 0 Å². The molecule has 52 heavy (non-hydrogen) atoms. The molecule has 0 spiro atoms. The topological polar surface area (TPSA) is 35.9 Å². The van der Waals surface area contributed by atoms with Gasteiger partial charge in [-0.05, 0) is 70.9 Å². The Bertz CT molecular complexity index is 3420. The summed E-state index contributed by atoms with van der Waals surface area (Å²) in [5.74, 6) is 0. The van der Waals surface area contributed by atoms with Crippen molar-refractivity contribution in [1.82, 2.24) is 14.1 Å². The number of benzene rings is 8. The Kier molecular flexibility index (Phi) is 5.62. The zero-order valence-electron chi connectivity index (χ0n) is 27.7. The summed E-state index contributed by atoms with van der Waals surface area (Å²) >= 11 is 1.74. The second-order valence-electron chi connectivity index (χ2n) is 13.6. The second-order valence-corrected chi connectivity index (χ2v) is 14.6. The Morgan fingerprint density at radius 2 is 1.12 bits per heavy atom. The smallest absolute Gasteiger partial charge is 0.195 e. The molecule has 4 nitrogen and oxygen atoms in total. The summed E-state index contributed by atoms with van der Waals surface area (Å²) in [6.07, 6.45) is 0. The van der Waals surface area contributed by atoms with Crippen molar-refractivity contribution < 1.29 is 4.42 Å². The van der Waals surface area contributed by atoms with Gasteiger partial charge in [0.2, 0.25) is 0 Å². The molecule has 0 aliphatic carbocycles. The van der Waals surface area contributed by atoms with Crippen molar-refractivity contribution in [3.05, 3.63) is 164 Å². The van der Waals surface area contributed by atoms with Crippen molar-refractivity contribution in [3.8, 4) is 21.9 Å². The number of fused-ring (bicyclic) bond motifs is 12. The van der Waals surface area contributed by atoms with Crippen molar-refractivity contribution in [2.24, 2.45) is 0 Å². The lowest BCUT2D eigenvalue weighted by Gasteiger charge is -2.08. The number of furan rings is 1. The monoisotopic (exact) mass is 681 g/mol. The van der Waals surface area contributed by atoms with E-state index in [1.807, 2.05) is 6.07 Å². The second kappa shape index (κ2) is 10.4. The number of thiazole rings is 1. The number of hydrogen-bond acceptors (Lipinski definition) is 3. The third kappa shape index (κ3) is 3.83. The van der Waals surface area contributed by atoms with Crippen LogP contribution in [-0.2, 0) is 0 Å². The summed E-state index contributed by atoms with van der Waals surface area (Å²) in [7, 11) is 0. The largest absolute Gasteiger partial charge is 0.455 e. The zero-order chi connectivity index (χ0) is 33.9. The van der Waals surface area contributed by atoms with E-state index in [0.29, 0.717) is 0 Å². The van der Waals surface area contributed by atoms with E-state index >= 15 is 0 Å². The molecule has 0 saturated carbocycles. The minimum atomic E-state index is 0.871. The van der Waals surface area contributed by atoms with Crippen molar-refractivity contribution in [3.63, 3.8) is 0 Å². The molecule has 4 heterocycles. The standard InChI is InChI=1S/C47H27N3OS/c1-2-14-31(15-3-1)49-38-19-9-6-16-32(38)36-26-41-37(25-40(36)49)33-17-7-10-20-39(33)50(41)47-48-45-43(52-47)27-35(30-23-22-28-12-4-5-13-29(28)24-30)46-44(45)34-18-8-11-21-42(34)51-46/h1-27H. The molecule has 0 unspecified atom stereocenters. The predicted octanol–water partition coefficient (Wildman–Crippen LogP) is 13.2. The molecule has 0 fully saturated rings. The van der Waals surface area contributed by atoms with Crippen LogP contribution in [0.1, 0.15) is 0 Å². The SMILES string of the molecule is c1ccc(-n2c3ccccc3c3cc4c(cc32)c2ccccc2n4-c2nc3c(cc(-c4ccc5ccccc5c4)c4oc5ccccc5c43)s2)cc1. The average molecular weight is 682 g/mol. The Morgan fingerprint density at radius 3 is 1.90 bits per heavy atom. The fourth-order valence-corrected chi connectivity index (χ4v) is 9.47. The van der Waals surface area contributed by atoms with Crippen LogP contribution in [0.15, 0.2) is 168 Å². The third-order valence-corrected chi connectivity index (χ3v) is 11.7. The lowest BCUT2D eigenvalue weighted by atomic mass is 9.99. The Hall–Kier alpha value is -6.69. The highest BCUT2D eigenvalue weighted by Gasteiger charge is 2.23. The van der Waals surface area contributed by atoms with Crippen LogP contribution in [0.4, 0.5) is 0 Å². The van der Waals surface area contributed by atoms with E-state index in [-0.39, 0.29) is 0 Å². The summed E-state index contributed by atoms with van der Waals surface area (Å²) in [6.45, 7) is 0. The normalized spacial score (nSPS) is 12.2. The number of aromatic nitrogens is 3. The first-order valence-corrected chi connectivity index (χ1v) is 18.4. The van der Waals surface area contributed by atoms with Gasteiger partial charge in [0.15, 0.2) is 5.13 Å². The third-order valence-electron chi connectivity index (χ3n) is 10.7. The molecule has 0 atom stereocenters. The van der Waals surface area contributed by atoms with Gasteiger partial charge in [-0.15, -0.1) is 0 Å². The molecule has 0 saturated heterocycles. The average Bonchev–Trinajstić information content (AvgIpc) is 3.96. The van der Waals surface area contributed by atoms with Gasteiger partial charge in [0, 0.05) is 38.2 Å². The molecule has 0 aliphatic heterocycles. The Morgan fingerprint density at radius 1 is 0.481 bits per heavy atom. The molecule has 0 bridgehead atoms. The summed E-state index contributed by atoms with van der Waals surface area (Å²) in [5, 5.41) is 10.4. The fraction of sp³-hybridized carbons (Fsp3) is 0. The molecular formula is C47H27N3OS. The number of rotatable bonds is 3. The van der Waals surface area contributed by atoms with Gasteiger partial charge < -0.3 is 8.98 Å². The summed E-state index contributed by atoms with van der Waals surface area (Å²) in [5.41, 5.74) is 10.8. The van der Waals surface area contributed by atoms with Crippen LogP contribution in [0.25, 0.3) is 108 Å². The quantitative estimate of drug-likeness (QED) is 0.186. The van der Waals surface area contributed by atoms with Gasteiger partial charge >= 0.3 is 0 Å². The van der Waals surface area contributed by atoms with Crippen molar-refractivity contribution in [1.29, 1.82) is 0 Å².